The zero-order valence-electron chi connectivity index (χ0n) is 16.1. The number of ketones is 1. The van der Waals surface area contributed by atoms with E-state index in [-0.39, 0.29) is 5.60 Å². The molecule has 0 N–H and O–H groups in total. The van der Waals surface area contributed by atoms with E-state index in [0.717, 1.165) is 49.0 Å². The van der Waals surface area contributed by atoms with Crippen molar-refractivity contribution in [2.45, 2.75) is 70.3 Å². The number of hydrogen-bond donors (Lipinski definition) is 0. The number of rotatable bonds is 1. The lowest BCUT2D eigenvalue weighted by atomic mass is 9.47. The van der Waals surface area contributed by atoms with Crippen LogP contribution in [0.2, 0.25) is 0 Å². The Labute approximate surface area is 157 Å². The minimum Gasteiger partial charge on any atom is -0.366 e. The van der Waals surface area contributed by atoms with Gasteiger partial charge in [0.15, 0.2) is 5.78 Å². The standard InChI is InChI=1S/C24H32O2/c1-23-10-7-19-18-6-5-17(25)13-16(18)14-20(15-3-4-15)22(19)21(23)8-11-24(23)9-2-12-26-24/h2,9,13,15,18-22H,3-8,10-12,14H2,1H3/t18-,19?,20-,21?,22?,23-,24-/m0/s1. The van der Waals surface area contributed by atoms with Crippen LogP contribution in [0.25, 0.3) is 0 Å². The second-order valence-electron chi connectivity index (χ2n) is 10.5. The lowest BCUT2D eigenvalue weighted by molar-refractivity contribution is -0.126. The van der Waals surface area contributed by atoms with Crippen LogP contribution in [0, 0.1) is 40.9 Å². The molecular weight excluding hydrogens is 320 g/mol. The molecule has 1 aliphatic heterocycles. The van der Waals surface area contributed by atoms with E-state index in [4.69, 9.17) is 4.74 Å². The molecule has 0 aromatic carbocycles. The Morgan fingerprint density at radius 1 is 1.08 bits per heavy atom. The molecule has 2 nitrogen and oxygen atoms in total. The highest BCUT2D eigenvalue weighted by Crippen LogP contribution is 2.69. The monoisotopic (exact) mass is 352 g/mol. The molecule has 3 unspecified atom stereocenters. The van der Waals surface area contributed by atoms with E-state index < -0.39 is 0 Å². The van der Waals surface area contributed by atoms with Crippen molar-refractivity contribution < 1.29 is 9.53 Å². The minimum atomic E-state index is 0.0371. The number of fused-ring (bicyclic) bond motifs is 6. The first-order valence-electron chi connectivity index (χ1n) is 11.2. The molecule has 2 heteroatoms. The van der Waals surface area contributed by atoms with Crippen LogP contribution in [0.4, 0.5) is 0 Å². The summed E-state index contributed by atoms with van der Waals surface area (Å²) in [5.41, 5.74) is 1.92. The van der Waals surface area contributed by atoms with Crippen molar-refractivity contribution in [3.63, 3.8) is 0 Å². The van der Waals surface area contributed by atoms with Crippen molar-refractivity contribution in [3.05, 3.63) is 23.8 Å². The van der Waals surface area contributed by atoms with Gasteiger partial charge >= 0.3 is 0 Å². The fourth-order valence-electron chi connectivity index (χ4n) is 8.32. The Bertz CT molecular complexity index is 701. The van der Waals surface area contributed by atoms with Gasteiger partial charge < -0.3 is 4.74 Å². The third kappa shape index (κ3) is 2.00. The molecule has 6 aliphatic rings. The van der Waals surface area contributed by atoms with Gasteiger partial charge in [-0.1, -0.05) is 24.6 Å². The Balaban J connectivity index is 1.40. The smallest absolute Gasteiger partial charge is 0.155 e. The molecule has 0 saturated heterocycles. The molecule has 1 heterocycles. The summed E-state index contributed by atoms with van der Waals surface area (Å²) < 4.78 is 6.42. The van der Waals surface area contributed by atoms with Crippen LogP contribution in [0.1, 0.15) is 64.7 Å². The summed E-state index contributed by atoms with van der Waals surface area (Å²) in [6.45, 7) is 3.39. The highest BCUT2D eigenvalue weighted by molar-refractivity contribution is 5.91. The zero-order valence-corrected chi connectivity index (χ0v) is 16.1. The molecule has 0 aromatic heterocycles. The third-order valence-corrected chi connectivity index (χ3v) is 9.63. The van der Waals surface area contributed by atoms with Gasteiger partial charge in [-0.3, -0.25) is 4.79 Å². The predicted octanol–water partition coefficient (Wildman–Crippen LogP) is 5.09. The van der Waals surface area contributed by atoms with E-state index in [1.807, 2.05) is 0 Å². The van der Waals surface area contributed by atoms with Crippen LogP contribution in [0.15, 0.2) is 23.8 Å². The molecule has 0 bridgehead atoms. The molecule has 1 spiro atoms. The lowest BCUT2D eigenvalue weighted by Crippen LogP contribution is -2.54. The second-order valence-corrected chi connectivity index (χ2v) is 10.5. The lowest BCUT2D eigenvalue weighted by Gasteiger charge is -2.58. The van der Waals surface area contributed by atoms with Gasteiger partial charge in [-0.25, -0.2) is 0 Å². The zero-order chi connectivity index (χ0) is 17.5. The number of carbonyl (C=O) groups is 1. The molecule has 140 valence electrons. The summed E-state index contributed by atoms with van der Waals surface area (Å²) in [6.07, 6.45) is 18.1. The van der Waals surface area contributed by atoms with Crippen LogP contribution in [0.5, 0.6) is 0 Å². The molecule has 0 aromatic rings. The molecule has 7 atom stereocenters. The van der Waals surface area contributed by atoms with Gasteiger partial charge in [0, 0.05) is 11.8 Å². The summed E-state index contributed by atoms with van der Waals surface area (Å²) >= 11 is 0. The van der Waals surface area contributed by atoms with E-state index in [9.17, 15) is 4.79 Å². The van der Waals surface area contributed by atoms with Gasteiger partial charge in [0.1, 0.15) is 0 Å². The minimum absolute atomic E-state index is 0.0371. The largest absolute Gasteiger partial charge is 0.366 e. The number of carbonyl (C=O) groups excluding carboxylic acids is 1. The molecule has 4 saturated carbocycles. The van der Waals surface area contributed by atoms with E-state index in [1.54, 1.807) is 5.57 Å². The van der Waals surface area contributed by atoms with Crippen molar-refractivity contribution in [2.24, 2.45) is 40.9 Å². The summed E-state index contributed by atoms with van der Waals surface area (Å²) in [7, 11) is 0. The number of ether oxygens (including phenoxy) is 1. The van der Waals surface area contributed by atoms with Crippen LogP contribution in [-0.2, 0) is 9.53 Å². The first-order chi connectivity index (χ1) is 12.6. The first kappa shape index (κ1) is 16.1. The van der Waals surface area contributed by atoms with E-state index in [1.165, 1.54) is 44.9 Å². The maximum absolute atomic E-state index is 12.1. The van der Waals surface area contributed by atoms with Gasteiger partial charge in [-0.2, -0.15) is 0 Å². The molecule has 5 aliphatic carbocycles. The van der Waals surface area contributed by atoms with Gasteiger partial charge in [0.25, 0.3) is 0 Å². The maximum Gasteiger partial charge on any atom is 0.155 e. The third-order valence-electron chi connectivity index (χ3n) is 9.63. The topological polar surface area (TPSA) is 26.3 Å². The molecule has 4 fully saturated rings. The Hall–Kier alpha value is -0.890. The van der Waals surface area contributed by atoms with Crippen LogP contribution < -0.4 is 0 Å². The second kappa shape index (κ2) is 5.34. The normalized spacial score (nSPS) is 52.6. The predicted molar refractivity (Wildman–Crippen MR) is 102 cm³/mol. The summed E-state index contributed by atoms with van der Waals surface area (Å²) in [5.74, 6) is 5.46. The molecular formula is C24H32O2. The SMILES string of the molecule is C[C@]12CCC3C(C1CC[C@@]21C=CCO1)[C@H](C1CC1)CC1=CC(=O)CC[C@@H]13. The highest BCUT2D eigenvalue weighted by Gasteiger charge is 2.65. The van der Waals surface area contributed by atoms with E-state index in [0.29, 0.717) is 17.1 Å². The fourth-order valence-corrected chi connectivity index (χ4v) is 8.32. The quantitative estimate of drug-likeness (QED) is 0.615. The van der Waals surface area contributed by atoms with Crippen LogP contribution >= 0.6 is 0 Å². The summed E-state index contributed by atoms with van der Waals surface area (Å²) in [4.78, 5) is 12.1. The maximum atomic E-state index is 12.1. The van der Waals surface area contributed by atoms with Crippen molar-refractivity contribution >= 4 is 5.78 Å². The molecule has 0 amide bonds. The van der Waals surface area contributed by atoms with Crippen molar-refractivity contribution in [1.82, 2.24) is 0 Å². The van der Waals surface area contributed by atoms with Crippen LogP contribution in [0.3, 0.4) is 0 Å². The average Bonchev–Trinajstić information content (AvgIpc) is 3.29. The Morgan fingerprint density at radius 3 is 2.73 bits per heavy atom. The highest BCUT2D eigenvalue weighted by atomic mass is 16.5. The number of hydrogen-bond acceptors (Lipinski definition) is 2. The van der Waals surface area contributed by atoms with Gasteiger partial charge in [0.2, 0.25) is 0 Å². The van der Waals surface area contributed by atoms with Crippen LogP contribution in [-0.4, -0.2) is 18.0 Å². The van der Waals surface area contributed by atoms with Crippen molar-refractivity contribution in [3.8, 4) is 0 Å². The van der Waals surface area contributed by atoms with Gasteiger partial charge in [-0.15, -0.1) is 0 Å². The summed E-state index contributed by atoms with van der Waals surface area (Å²) in [6, 6.07) is 0. The van der Waals surface area contributed by atoms with Gasteiger partial charge in [0.05, 0.1) is 12.2 Å². The van der Waals surface area contributed by atoms with Gasteiger partial charge in [-0.05, 0) is 93.0 Å². The first-order valence-corrected chi connectivity index (χ1v) is 11.2. The Morgan fingerprint density at radius 2 is 1.96 bits per heavy atom. The van der Waals surface area contributed by atoms with Crippen molar-refractivity contribution in [2.75, 3.05) is 6.61 Å². The van der Waals surface area contributed by atoms with E-state index in [2.05, 4.69) is 25.2 Å². The Kier molecular flexibility index (Phi) is 3.31. The van der Waals surface area contributed by atoms with E-state index >= 15 is 0 Å². The molecule has 6 rings (SSSR count). The molecule has 26 heavy (non-hydrogen) atoms. The fraction of sp³-hybridized carbons (Fsp3) is 0.792. The van der Waals surface area contributed by atoms with Crippen molar-refractivity contribution in [1.29, 1.82) is 0 Å². The number of allylic oxidation sites excluding steroid dienone is 1. The molecule has 0 radical (unpaired) electrons. The average molecular weight is 353 g/mol. The summed E-state index contributed by atoms with van der Waals surface area (Å²) in [5, 5.41) is 0.